The van der Waals surface area contributed by atoms with Gasteiger partial charge in [-0.05, 0) is 18.1 Å². The molecule has 2 atom stereocenters. The van der Waals surface area contributed by atoms with Crippen molar-refractivity contribution in [3.63, 3.8) is 0 Å². The molecule has 0 bridgehead atoms. The number of nitrogens with zero attached hydrogens (tertiary/aromatic N) is 3. The van der Waals surface area contributed by atoms with Crippen LogP contribution in [0, 0.1) is 0 Å². The Kier molecular flexibility index (Phi) is 4.65. The van der Waals surface area contributed by atoms with Gasteiger partial charge in [-0.1, -0.05) is 24.3 Å². The first-order chi connectivity index (χ1) is 10.8. The van der Waals surface area contributed by atoms with E-state index in [1.807, 2.05) is 6.20 Å². The van der Waals surface area contributed by atoms with Crippen molar-refractivity contribution in [2.45, 2.75) is 19.1 Å². The van der Waals surface area contributed by atoms with Gasteiger partial charge in [-0.3, -0.25) is 4.98 Å². The van der Waals surface area contributed by atoms with Crippen LogP contribution in [0.25, 0.3) is 0 Å². The lowest BCUT2D eigenvalue weighted by molar-refractivity contribution is 0.119. The smallest absolute Gasteiger partial charge is 0.147 e. The predicted octanol–water partition coefficient (Wildman–Crippen LogP) is 2.33. The van der Waals surface area contributed by atoms with Crippen LogP contribution in [0.2, 0.25) is 0 Å². The number of aromatic nitrogens is 2. The normalized spacial score (nSPS) is 19.9. The summed E-state index contributed by atoms with van der Waals surface area (Å²) in [6, 6.07) is 8.94. The molecule has 5 heteroatoms. The van der Waals surface area contributed by atoms with Gasteiger partial charge in [-0.2, -0.15) is 0 Å². The Labute approximate surface area is 131 Å². The lowest BCUT2D eigenvalue weighted by atomic mass is 10.0. The molecule has 5 nitrogen and oxygen atoms in total. The van der Waals surface area contributed by atoms with E-state index in [4.69, 9.17) is 4.74 Å². The zero-order valence-electron chi connectivity index (χ0n) is 13.1. The van der Waals surface area contributed by atoms with Gasteiger partial charge in [0.25, 0.3) is 0 Å². The zero-order chi connectivity index (χ0) is 15.4. The molecule has 1 N–H and O–H groups in total. The SMILES string of the molecule is COC(C)c1ccc(C2CNCCN2c2cnccn2)cc1. The molecule has 0 amide bonds. The van der Waals surface area contributed by atoms with Crippen LogP contribution in [0.15, 0.2) is 42.9 Å². The standard InChI is InChI=1S/C17H22N4O/c1-13(22-2)14-3-5-15(6-4-14)16-11-19-9-10-21(16)17-12-18-7-8-20-17/h3-8,12-13,16,19H,9-11H2,1-2H3. The van der Waals surface area contributed by atoms with Gasteiger partial charge in [0.2, 0.25) is 0 Å². The first-order valence-electron chi connectivity index (χ1n) is 7.65. The lowest BCUT2D eigenvalue weighted by Gasteiger charge is -2.37. The van der Waals surface area contributed by atoms with Gasteiger partial charge in [-0.15, -0.1) is 0 Å². The number of anilines is 1. The Morgan fingerprint density at radius 2 is 2.09 bits per heavy atom. The van der Waals surface area contributed by atoms with Crippen LogP contribution in [-0.4, -0.2) is 36.7 Å². The van der Waals surface area contributed by atoms with Crippen molar-refractivity contribution in [1.82, 2.24) is 15.3 Å². The molecule has 2 aromatic rings. The fourth-order valence-corrected chi connectivity index (χ4v) is 2.84. The van der Waals surface area contributed by atoms with Crippen LogP contribution in [0.4, 0.5) is 5.82 Å². The second-order valence-corrected chi connectivity index (χ2v) is 5.52. The van der Waals surface area contributed by atoms with E-state index in [1.54, 1.807) is 19.5 Å². The predicted molar refractivity (Wildman–Crippen MR) is 86.9 cm³/mol. The topological polar surface area (TPSA) is 50.3 Å². The van der Waals surface area contributed by atoms with Crippen molar-refractivity contribution in [1.29, 1.82) is 0 Å². The molecule has 2 unspecified atom stereocenters. The molecule has 22 heavy (non-hydrogen) atoms. The minimum Gasteiger partial charge on any atom is -0.377 e. The largest absolute Gasteiger partial charge is 0.377 e. The third kappa shape index (κ3) is 3.10. The van der Waals surface area contributed by atoms with E-state index in [9.17, 15) is 0 Å². The van der Waals surface area contributed by atoms with Gasteiger partial charge in [0, 0.05) is 39.1 Å². The van der Waals surface area contributed by atoms with E-state index in [0.717, 1.165) is 25.5 Å². The maximum absolute atomic E-state index is 5.37. The zero-order valence-corrected chi connectivity index (χ0v) is 13.1. The highest BCUT2D eigenvalue weighted by Gasteiger charge is 2.25. The third-order valence-electron chi connectivity index (χ3n) is 4.23. The van der Waals surface area contributed by atoms with Crippen LogP contribution in [0.1, 0.15) is 30.2 Å². The average Bonchev–Trinajstić information content (AvgIpc) is 2.62. The van der Waals surface area contributed by atoms with Gasteiger partial charge >= 0.3 is 0 Å². The summed E-state index contributed by atoms with van der Waals surface area (Å²) < 4.78 is 5.37. The minimum atomic E-state index is 0.120. The molecule has 116 valence electrons. The van der Waals surface area contributed by atoms with E-state index in [0.29, 0.717) is 0 Å². The summed E-state index contributed by atoms with van der Waals surface area (Å²) in [6.45, 7) is 4.87. The molecular formula is C17H22N4O. The maximum Gasteiger partial charge on any atom is 0.147 e. The number of nitrogens with one attached hydrogen (secondary N) is 1. The average molecular weight is 298 g/mol. The molecule has 1 aromatic heterocycles. The molecule has 3 rings (SSSR count). The number of methoxy groups -OCH3 is 1. The summed E-state index contributed by atoms with van der Waals surface area (Å²) in [5.74, 6) is 0.934. The van der Waals surface area contributed by atoms with Gasteiger partial charge in [0.1, 0.15) is 5.82 Å². The molecule has 1 aliphatic rings. The number of rotatable bonds is 4. The Balaban J connectivity index is 1.84. The summed E-state index contributed by atoms with van der Waals surface area (Å²) in [4.78, 5) is 11.0. The van der Waals surface area contributed by atoms with Gasteiger partial charge < -0.3 is 15.0 Å². The first-order valence-corrected chi connectivity index (χ1v) is 7.65. The number of piperazine rings is 1. The highest BCUT2D eigenvalue weighted by molar-refractivity contribution is 5.42. The molecule has 0 saturated carbocycles. The number of hydrogen-bond acceptors (Lipinski definition) is 5. The van der Waals surface area contributed by atoms with Crippen molar-refractivity contribution in [3.05, 3.63) is 54.0 Å². The van der Waals surface area contributed by atoms with E-state index < -0.39 is 0 Å². The van der Waals surface area contributed by atoms with Crippen molar-refractivity contribution < 1.29 is 4.74 Å². The molecule has 0 spiro atoms. The van der Waals surface area contributed by atoms with Crippen molar-refractivity contribution in [2.24, 2.45) is 0 Å². The monoisotopic (exact) mass is 298 g/mol. The Morgan fingerprint density at radius 1 is 1.27 bits per heavy atom. The van der Waals surface area contributed by atoms with Crippen molar-refractivity contribution in [3.8, 4) is 0 Å². The second kappa shape index (κ2) is 6.85. The first kappa shape index (κ1) is 14.9. The van der Waals surface area contributed by atoms with Crippen molar-refractivity contribution >= 4 is 5.82 Å². The Morgan fingerprint density at radius 3 is 2.77 bits per heavy atom. The number of hydrogen-bond donors (Lipinski definition) is 1. The molecule has 1 fully saturated rings. The molecule has 1 aromatic carbocycles. The highest BCUT2D eigenvalue weighted by atomic mass is 16.5. The molecule has 2 heterocycles. The molecule has 1 saturated heterocycles. The Hall–Kier alpha value is -1.98. The van der Waals surface area contributed by atoms with Crippen LogP contribution in [-0.2, 0) is 4.74 Å². The van der Waals surface area contributed by atoms with E-state index in [1.165, 1.54) is 11.1 Å². The molecule has 1 aliphatic heterocycles. The van der Waals surface area contributed by atoms with E-state index >= 15 is 0 Å². The summed E-state index contributed by atoms with van der Waals surface area (Å²) in [6.07, 6.45) is 5.41. The fraction of sp³-hybridized carbons (Fsp3) is 0.412. The second-order valence-electron chi connectivity index (χ2n) is 5.52. The number of benzene rings is 1. The van der Waals surface area contributed by atoms with Crippen LogP contribution in [0.3, 0.4) is 0 Å². The summed E-state index contributed by atoms with van der Waals surface area (Å²) in [5.41, 5.74) is 2.48. The molecule has 0 radical (unpaired) electrons. The molecule has 0 aliphatic carbocycles. The summed E-state index contributed by atoms with van der Waals surface area (Å²) >= 11 is 0. The Bertz CT molecular complexity index is 587. The van der Waals surface area contributed by atoms with Crippen molar-refractivity contribution in [2.75, 3.05) is 31.6 Å². The lowest BCUT2D eigenvalue weighted by Crippen LogP contribution is -2.46. The van der Waals surface area contributed by atoms with Gasteiger partial charge in [-0.25, -0.2) is 4.98 Å². The molecular weight excluding hydrogens is 276 g/mol. The van der Waals surface area contributed by atoms with Crippen LogP contribution >= 0.6 is 0 Å². The van der Waals surface area contributed by atoms with Gasteiger partial charge in [0.05, 0.1) is 18.3 Å². The number of ether oxygens (including phenoxy) is 1. The quantitative estimate of drug-likeness (QED) is 0.939. The maximum atomic E-state index is 5.37. The fourth-order valence-electron chi connectivity index (χ4n) is 2.84. The minimum absolute atomic E-state index is 0.120. The van der Waals surface area contributed by atoms with Crippen LogP contribution in [0.5, 0.6) is 0 Å². The van der Waals surface area contributed by atoms with E-state index in [-0.39, 0.29) is 12.1 Å². The highest BCUT2D eigenvalue weighted by Crippen LogP contribution is 2.27. The van der Waals surface area contributed by atoms with E-state index in [2.05, 4.69) is 51.4 Å². The van der Waals surface area contributed by atoms with Gasteiger partial charge in [0.15, 0.2) is 0 Å². The summed E-state index contributed by atoms with van der Waals surface area (Å²) in [7, 11) is 1.74. The van der Waals surface area contributed by atoms with Crippen LogP contribution < -0.4 is 10.2 Å². The summed E-state index contributed by atoms with van der Waals surface area (Å²) in [5, 5.41) is 3.47. The third-order valence-corrected chi connectivity index (χ3v) is 4.23.